The van der Waals surface area contributed by atoms with Crippen LogP contribution in [0.25, 0.3) is 0 Å². The topological polar surface area (TPSA) is 32.8 Å². The lowest BCUT2D eigenvalue weighted by Gasteiger charge is -2.40. The number of esters is 1. The number of carbonyl (C=O) groups excluding carboxylic acids is 1. The van der Waals surface area contributed by atoms with Crippen molar-refractivity contribution in [1.29, 1.82) is 0 Å². The summed E-state index contributed by atoms with van der Waals surface area (Å²) in [4.78, 5) is 17.3. The van der Waals surface area contributed by atoms with Gasteiger partial charge in [-0.25, -0.2) is 4.79 Å². The predicted molar refractivity (Wildman–Crippen MR) is 109 cm³/mol. The molecule has 5 rings (SSSR count). The fraction of sp³-hybridized carbons (Fsp3) is 0.348. The highest BCUT2D eigenvalue weighted by atomic mass is 16.5. The molecule has 2 aromatic rings. The smallest absolute Gasteiger partial charge is 0.337 e. The summed E-state index contributed by atoms with van der Waals surface area (Å²) < 4.78 is 5.38. The molecule has 27 heavy (non-hydrogen) atoms. The third kappa shape index (κ3) is 3.09. The van der Waals surface area contributed by atoms with Crippen LogP contribution in [0, 0.1) is 13.8 Å². The molecule has 0 saturated carbocycles. The number of rotatable bonds is 2. The summed E-state index contributed by atoms with van der Waals surface area (Å²) in [5, 5.41) is 0. The van der Waals surface area contributed by atoms with Crippen molar-refractivity contribution < 1.29 is 9.53 Å². The largest absolute Gasteiger partial charge is 0.463 e. The summed E-state index contributed by atoms with van der Waals surface area (Å²) in [5.41, 5.74) is 9.21. The van der Waals surface area contributed by atoms with E-state index >= 15 is 0 Å². The molecule has 0 aromatic heterocycles. The van der Waals surface area contributed by atoms with Crippen molar-refractivity contribution in [3.8, 4) is 0 Å². The van der Waals surface area contributed by atoms with Gasteiger partial charge in [0.1, 0.15) is 0 Å². The van der Waals surface area contributed by atoms with E-state index in [0.29, 0.717) is 13.2 Å². The maximum absolute atomic E-state index is 12.7. The Morgan fingerprint density at radius 2 is 1.56 bits per heavy atom. The van der Waals surface area contributed by atoms with Gasteiger partial charge in [0, 0.05) is 30.2 Å². The van der Waals surface area contributed by atoms with Crippen LogP contribution in [0.3, 0.4) is 0 Å². The maximum Gasteiger partial charge on any atom is 0.337 e. The zero-order valence-electron chi connectivity index (χ0n) is 16.5. The fourth-order valence-corrected chi connectivity index (χ4v) is 4.14. The van der Waals surface area contributed by atoms with E-state index in [1.54, 1.807) is 0 Å². The number of hydrogen-bond donors (Lipinski definition) is 0. The zero-order valence-corrected chi connectivity index (χ0v) is 16.5. The van der Waals surface area contributed by atoms with Crippen LogP contribution in [0.15, 0.2) is 47.7 Å². The average Bonchev–Trinajstić information content (AvgIpc) is 2.61. The maximum atomic E-state index is 12.7. The van der Waals surface area contributed by atoms with Crippen LogP contribution in [0.1, 0.15) is 36.1 Å². The Balaban J connectivity index is 1.94. The number of nitrogens with zero attached hydrogens (tertiary/aromatic N) is 2. The standard InChI is InChI=1S/C23H26N2O2/c1-5-27-23(26)20-14-24-12-18-10-16(3)7-9-22(18)25(17(20)4)13-19-11-15(2)6-8-21(19)24/h6-11H,5,12-14H2,1-4H3/b20-17+. The van der Waals surface area contributed by atoms with Crippen molar-refractivity contribution in [2.75, 3.05) is 23.0 Å². The van der Waals surface area contributed by atoms with Crippen LogP contribution < -0.4 is 9.80 Å². The number of carbonyl (C=O) groups is 1. The van der Waals surface area contributed by atoms with Crippen molar-refractivity contribution in [2.45, 2.75) is 40.8 Å². The van der Waals surface area contributed by atoms with Crippen LogP contribution >= 0.6 is 0 Å². The molecule has 0 amide bonds. The van der Waals surface area contributed by atoms with Gasteiger partial charge >= 0.3 is 5.97 Å². The Morgan fingerprint density at radius 3 is 2.22 bits per heavy atom. The van der Waals surface area contributed by atoms with E-state index in [4.69, 9.17) is 4.74 Å². The van der Waals surface area contributed by atoms with E-state index < -0.39 is 0 Å². The fourth-order valence-electron chi connectivity index (χ4n) is 4.14. The van der Waals surface area contributed by atoms with Crippen LogP contribution in [0.2, 0.25) is 0 Å². The SMILES string of the molecule is CCOC(=O)/C1=C(\C)N2Cc3cc(C)ccc3N(C1)Cc1cc(C)ccc12. The molecule has 0 aliphatic carbocycles. The van der Waals surface area contributed by atoms with Crippen molar-refractivity contribution >= 4 is 17.3 Å². The monoisotopic (exact) mass is 362 g/mol. The summed E-state index contributed by atoms with van der Waals surface area (Å²) in [6, 6.07) is 13.2. The van der Waals surface area contributed by atoms with E-state index in [1.165, 1.54) is 33.6 Å². The van der Waals surface area contributed by atoms with Gasteiger partial charge < -0.3 is 14.5 Å². The minimum absolute atomic E-state index is 0.212. The zero-order chi connectivity index (χ0) is 19.1. The van der Waals surface area contributed by atoms with Crippen molar-refractivity contribution in [3.63, 3.8) is 0 Å². The molecule has 0 fully saturated rings. The average molecular weight is 362 g/mol. The molecule has 3 aliphatic heterocycles. The van der Waals surface area contributed by atoms with Gasteiger partial charge in [0.15, 0.2) is 0 Å². The molecule has 3 aliphatic rings. The minimum atomic E-state index is -0.212. The lowest BCUT2D eigenvalue weighted by atomic mass is 9.97. The number of fused-ring (bicyclic) bond motifs is 1. The summed E-state index contributed by atoms with van der Waals surface area (Å²) in [7, 11) is 0. The van der Waals surface area contributed by atoms with Gasteiger partial charge in [-0.15, -0.1) is 0 Å². The first kappa shape index (κ1) is 17.7. The van der Waals surface area contributed by atoms with Crippen molar-refractivity contribution in [3.05, 3.63) is 69.9 Å². The lowest BCUT2D eigenvalue weighted by Crippen LogP contribution is -2.39. The molecule has 140 valence electrons. The van der Waals surface area contributed by atoms with E-state index in [1.807, 2.05) is 13.8 Å². The van der Waals surface area contributed by atoms with Crippen molar-refractivity contribution in [1.82, 2.24) is 0 Å². The van der Waals surface area contributed by atoms with Crippen LogP contribution in [-0.4, -0.2) is 19.1 Å². The molecule has 4 nitrogen and oxygen atoms in total. The summed E-state index contributed by atoms with van der Waals surface area (Å²) in [5.74, 6) is -0.212. The first-order chi connectivity index (χ1) is 13.0. The van der Waals surface area contributed by atoms with E-state index in [9.17, 15) is 4.79 Å². The van der Waals surface area contributed by atoms with Gasteiger partial charge in [0.05, 0.1) is 18.7 Å². The van der Waals surface area contributed by atoms with E-state index in [-0.39, 0.29) is 5.97 Å². The quantitative estimate of drug-likeness (QED) is 0.738. The highest BCUT2D eigenvalue weighted by Crippen LogP contribution is 2.38. The number of anilines is 2. The molecule has 4 heteroatoms. The van der Waals surface area contributed by atoms with Crippen LogP contribution in [0.4, 0.5) is 11.4 Å². The van der Waals surface area contributed by atoms with Crippen molar-refractivity contribution in [2.24, 2.45) is 0 Å². The third-order valence-corrected chi connectivity index (χ3v) is 5.50. The third-order valence-electron chi connectivity index (χ3n) is 5.50. The van der Waals surface area contributed by atoms with Gasteiger partial charge in [-0.3, -0.25) is 0 Å². The lowest BCUT2D eigenvalue weighted by molar-refractivity contribution is -0.138. The molecule has 0 saturated heterocycles. The molecule has 0 radical (unpaired) electrons. The predicted octanol–water partition coefficient (Wildman–Crippen LogP) is 4.48. The Labute approximate surface area is 161 Å². The molecule has 0 unspecified atom stereocenters. The second kappa shape index (κ2) is 6.76. The summed E-state index contributed by atoms with van der Waals surface area (Å²) in [6.45, 7) is 10.6. The Hall–Kier alpha value is -2.75. The van der Waals surface area contributed by atoms with Crippen LogP contribution in [0.5, 0.6) is 0 Å². The molecular weight excluding hydrogens is 336 g/mol. The van der Waals surface area contributed by atoms with Gasteiger partial charge in [-0.2, -0.15) is 0 Å². The molecule has 3 heterocycles. The highest BCUT2D eigenvalue weighted by molar-refractivity contribution is 5.92. The molecule has 0 spiro atoms. The minimum Gasteiger partial charge on any atom is -0.463 e. The summed E-state index contributed by atoms with van der Waals surface area (Å²) in [6.07, 6.45) is 0. The number of allylic oxidation sites excluding steroid dienone is 1. The normalized spacial score (nSPS) is 18.4. The first-order valence-electron chi connectivity index (χ1n) is 9.56. The van der Waals surface area contributed by atoms with Gasteiger partial charge in [-0.05, 0) is 51.0 Å². The van der Waals surface area contributed by atoms with E-state index in [0.717, 1.165) is 24.4 Å². The Kier molecular flexibility index (Phi) is 4.42. The first-order valence-corrected chi connectivity index (χ1v) is 9.56. The number of ether oxygens (including phenoxy) is 1. The molecule has 2 bridgehead atoms. The Bertz CT molecular complexity index is 945. The molecule has 0 atom stereocenters. The molecular formula is C23H26N2O2. The van der Waals surface area contributed by atoms with E-state index in [2.05, 4.69) is 60.0 Å². The number of aryl methyl sites for hydroxylation is 2. The van der Waals surface area contributed by atoms with Gasteiger partial charge in [0.25, 0.3) is 0 Å². The molecule has 0 N–H and O–H groups in total. The van der Waals surface area contributed by atoms with Gasteiger partial charge in [-0.1, -0.05) is 35.4 Å². The number of benzene rings is 2. The number of hydrogen-bond acceptors (Lipinski definition) is 4. The molecule has 2 aromatic carbocycles. The highest BCUT2D eigenvalue weighted by Gasteiger charge is 2.31. The Morgan fingerprint density at radius 1 is 0.926 bits per heavy atom. The van der Waals surface area contributed by atoms with Gasteiger partial charge in [0.2, 0.25) is 0 Å². The second-order valence-corrected chi connectivity index (χ2v) is 7.49. The van der Waals surface area contributed by atoms with Crippen LogP contribution in [-0.2, 0) is 22.6 Å². The summed E-state index contributed by atoms with van der Waals surface area (Å²) >= 11 is 0. The second-order valence-electron chi connectivity index (χ2n) is 7.49.